The van der Waals surface area contributed by atoms with E-state index in [1.165, 1.54) is 18.1 Å². The predicted molar refractivity (Wildman–Crippen MR) is 96.2 cm³/mol. The Morgan fingerprint density at radius 3 is 2.80 bits per heavy atom. The minimum atomic E-state index is -0.610. The molecule has 0 fully saturated rings. The number of amides is 2. The van der Waals surface area contributed by atoms with Crippen LogP contribution in [0.25, 0.3) is 10.9 Å². The van der Waals surface area contributed by atoms with E-state index in [0.717, 1.165) is 17.6 Å². The molecule has 134 valence electrons. The van der Waals surface area contributed by atoms with Crippen molar-refractivity contribution in [2.24, 2.45) is 5.92 Å². The Morgan fingerprint density at radius 1 is 1.32 bits per heavy atom. The summed E-state index contributed by atoms with van der Waals surface area (Å²) in [6.45, 7) is 5.18. The highest BCUT2D eigenvalue weighted by Crippen LogP contribution is 2.27. The van der Waals surface area contributed by atoms with Gasteiger partial charge in [0, 0.05) is 23.1 Å². The summed E-state index contributed by atoms with van der Waals surface area (Å²) in [7, 11) is 1.35. The van der Waals surface area contributed by atoms with Gasteiger partial charge in [-0.1, -0.05) is 32.0 Å². The van der Waals surface area contributed by atoms with Gasteiger partial charge in [-0.15, -0.1) is 0 Å². The molecule has 25 heavy (non-hydrogen) atoms. The van der Waals surface area contributed by atoms with Crippen molar-refractivity contribution in [2.75, 3.05) is 13.7 Å². The zero-order chi connectivity index (χ0) is 18.0. The summed E-state index contributed by atoms with van der Waals surface area (Å²) in [5, 5.41) is 4.06. The molecule has 1 unspecified atom stereocenters. The third-order valence-electron chi connectivity index (χ3n) is 4.66. The Balaban J connectivity index is 1.72. The van der Waals surface area contributed by atoms with Gasteiger partial charge in [-0.25, -0.2) is 9.59 Å². The second-order valence-corrected chi connectivity index (χ2v) is 6.95. The van der Waals surface area contributed by atoms with Crippen LogP contribution in [0.1, 0.15) is 31.5 Å². The number of carbonyl (C=O) groups excluding carboxylic acids is 2. The van der Waals surface area contributed by atoms with Crippen LogP contribution in [0, 0.1) is 5.92 Å². The van der Waals surface area contributed by atoms with E-state index < -0.39 is 12.0 Å². The predicted octanol–water partition coefficient (Wildman–Crippen LogP) is 2.82. The number of rotatable bonds is 4. The Kier molecular flexibility index (Phi) is 4.97. The van der Waals surface area contributed by atoms with Gasteiger partial charge in [0.1, 0.15) is 6.04 Å². The molecule has 0 bridgehead atoms. The van der Waals surface area contributed by atoms with E-state index in [4.69, 9.17) is 4.74 Å². The number of fused-ring (bicyclic) bond motifs is 3. The lowest BCUT2D eigenvalue weighted by atomic mass is 10.0. The number of para-hydroxylation sites is 1. The summed E-state index contributed by atoms with van der Waals surface area (Å²) in [6.07, 6.45) is 1.36. The van der Waals surface area contributed by atoms with Crippen molar-refractivity contribution in [1.82, 2.24) is 15.2 Å². The molecule has 2 N–H and O–H groups in total. The summed E-state index contributed by atoms with van der Waals surface area (Å²) in [5.74, 6) is -0.114. The Bertz CT molecular complexity index is 781. The number of hydrogen-bond acceptors (Lipinski definition) is 3. The highest BCUT2D eigenvalue weighted by Gasteiger charge is 2.28. The summed E-state index contributed by atoms with van der Waals surface area (Å²) in [4.78, 5) is 29.7. The maximum Gasteiger partial charge on any atom is 0.328 e. The quantitative estimate of drug-likeness (QED) is 0.838. The number of carbonyl (C=O) groups is 2. The molecule has 0 saturated heterocycles. The number of aromatic nitrogens is 1. The molecule has 6 heteroatoms. The van der Waals surface area contributed by atoms with E-state index in [9.17, 15) is 9.59 Å². The molecule has 1 aromatic carbocycles. The van der Waals surface area contributed by atoms with Crippen molar-refractivity contribution >= 4 is 22.9 Å². The minimum Gasteiger partial charge on any atom is -0.467 e. The molecule has 2 heterocycles. The number of aromatic amines is 1. The molecule has 0 aliphatic carbocycles. The number of ether oxygens (including phenoxy) is 1. The van der Waals surface area contributed by atoms with E-state index in [1.807, 2.05) is 32.0 Å². The van der Waals surface area contributed by atoms with Crippen LogP contribution in [-0.2, 0) is 22.5 Å². The van der Waals surface area contributed by atoms with Gasteiger partial charge in [-0.05, 0) is 30.4 Å². The van der Waals surface area contributed by atoms with Crippen molar-refractivity contribution in [1.29, 1.82) is 0 Å². The molecule has 2 amide bonds. The maximum absolute atomic E-state index is 12.6. The van der Waals surface area contributed by atoms with Crippen molar-refractivity contribution in [3.8, 4) is 0 Å². The second-order valence-electron chi connectivity index (χ2n) is 6.95. The normalized spacial score (nSPS) is 15.1. The molecular weight excluding hydrogens is 318 g/mol. The zero-order valence-corrected chi connectivity index (χ0v) is 15.0. The van der Waals surface area contributed by atoms with Crippen LogP contribution < -0.4 is 5.32 Å². The average Bonchev–Trinajstić information content (AvgIpc) is 2.97. The SMILES string of the molecule is COC(=O)C(CC(C)C)NC(=O)N1CCc2c([nH]c3ccccc23)C1. The van der Waals surface area contributed by atoms with Crippen LogP contribution in [-0.4, -0.2) is 41.6 Å². The number of urea groups is 1. The van der Waals surface area contributed by atoms with E-state index in [-0.39, 0.29) is 11.9 Å². The molecule has 0 spiro atoms. The molecule has 0 radical (unpaired) electrons. The van der Waals surface area contributed by atoms with Gasteiger partial charge in [-0.3, -0.25) is 0 Å². The van der Waals surface area contributed by atoms with Gasteiger partial charge in [0.2, 0.25) is 0 Å². The molecule has 2 aromatic rings. The first kappa shape index (κ1) is 17.3. The highest BCUT2D eigenvalue weighted by atomic mass is 16.5. The number of benzene rings is 1. The van der Waals surface area contributed by atoms with E-state index in [1.54, 1.807) is 4.90 Å². The van der Waals surface area contributed by atoms with Crippen LogP contribution in [0.2, 0.25) is 0 Å². The zero-order valence-electron chi connectivity index (χ0n) is 15.0. The number of hydrogen-bond donors (Lipinski definition) is 2. The largest absolute Gasteiger partial charge is 0.467 e. The third kappa shape index (κ3) is 3.62. The van der Waals surface area contributed by atoms with E-state index in [0.29, 0.717) is 19.5 Å². The molecule has 6 nitrogen and oxygen atoms in total. The molecule has 1 aromatic heterocycles. The molecule has 0 saturated carbocycles. The lowest BCUT2D eigenvalue weighted by molar-refractivity contribution is -0.143. The maximum atomic E-state index is 12.6. The Morgan fingerprint density at radius 2 is 2.08 bits per heavy atom. The number of H-pyrrole nitrogens is 1. The summed E-state index contributed by atoms with van der Waals surface area (Å²) in [5.41, 5.74) is 3.45. The second kappa shape index (κ2) is 7.17. The van der Waals surface area contributed by atoms with Crippen LogP contribution in [0.4, 0.5) is 4.79 Å². The van der Waals surface area contributed by atoms with Gasteiger partial charge < -0.3 is 19.9 Å². The fourth-order valence-electron chi connectivity index (χ4n) is 3.43. The fraction of sp³-hybridized carbons (Fsp3) is 0.474. The van der Waals surface area contributed by atoms with Gasteiger partial charge in [-0.2, -0.15) is 0 Å². The van der Waals surface area contributed by atoms with E-state index >= 15 is 0 Å². The summed E-state index contributed by atoms with van der Waals surface area (Å²) in [6, 6.07) is 7.36. The monoisotopic (exact) mass is 343 g/mol. The molecule has 1 aliphatic heterocycles. The van der Waals surface area contributed by atoms with Gasteiger partial charge in [0.15, 0.2) is 0 Å². The molecule has 1 atom stereocenters. The van der Waals surface area contributed by atoms with Crippen molar-refractivity contribution in [2.45, 2.75) is 39.3 Å². The van der Waals surface area contributed by atoms with Crippen LogP contribution in [0.3, 0.4) is 0 Å². The smallest absolute Gasteiger partial charge is 0.328 e. The number of nitrogens with one attached hydrogen (secondary N) is 2. The van der Waals surface area contributed by atoms with E-state index in [2.05, 4.69) is 16.4 Å². The van der Waals surface area contributed by atoms with Gasteiger partial charge in [0.25, 0.3) is 0 Å². The Hall–Kier alpha value is -2.50. The number of nitrogens with zero attached hydrogens (tertiary/aromatic N) is 1. The topological polar surface area (TPSA) is 74.4 Å². The molecular formula is C19H25N3O3. The number of esters is 1. The lowest BCUT2D eigenvalue weighted by Crippen LogP contribution is -2.50. The van der Waals surface area contributed by atoms with Crippen molar-refractivity contribution < 1.29 is 14.3 Å². The van der Waals surface area contributed by atoms with Gasteiger partial charge in [0.05, 0.1) is 13.7 Å². The van der Waals surface area contributed by atoms with Crippen LogP contribution >= 0.6 is 0 Å². The van der Waals surface area contributed by atoms with Crippen molar-refractivity contribution in [3.63, 3.8) is 0 Å². The van der Waals surface area contributed by atoms with Crippen LogP contribution in [0.15, 0.2) is 24.3 Å². The average molecular weight is 343 g/mol. The summed E-state index contributed by atoms with van der Waals surface area (Å²) < 4.78 is 4.82. The fourth-order valence-corrected chi connectivity index (χ4v) is 3.43. The lowest BCUT2D eigenvalue weighted by Gasteiger charge is -2.29. The first-order valence-electron chi connectivity index (χ1n) is 8.71. The van der Waals surface area contributed by atoms with Gasteiger partial charge >= 0.3 is 12.0 Å². The standard InChI is InChI=1S/C19H25N3O3/c1-12(2)10-16(18(23)25-3)21-19(24)22-9-8-14-13-6-4-5-7-15(13)20-17(14)11-22/h4-7,12,16,20H,8-11H2,1-3H3,(H,21,24). The Labute approximate surface area is 147 Å². The minimum absolute atomic E-state index is 0.222. The summed E-state index contributed by atoms with van der Waals surface area (Å²) >= 11 is 0. The highest BCUT2D eigenvalue weighted by molar-refractivity contribution is 5.86. The first-order valence-corrected chi connectivity index (χ1v) is 8.71. The van der Waals surface area contributed by atoms with Crippen LogP contribution in [0.5, 0.6) is 0 Å². The first-order chi connectivity index (χ1) is 12.0. The third-order valence-corrected chi connectivity index (χ3v) is 4.66. The molecule has 1 aliphatic rings. The number of methoxy groups -OCH3 is 1. The molecule has 3 rings (SSSR count). The van der Waals surface area contributed by atoms with Crippen molar-refractivity contribution in [3.05, 3.63) is 35.5 Å².